The van der Waals surface area contributed by atoms with Crippen molar-refractivity contribution >= 4 is 11.9 Å². The summed E-state index contributed by atoms with van der Waals surface area (Å²) in [6, 6.07) is 4.56. The van der Waals surface area contributed by atoms with E-state index in [-0.39, 0.29) is 5.91 Å². The minimum atomic E-state index is -1.02. The first-order valence-electron chi connectivity index (χ1n) is 5.38. The van der Waals surface area contributed by atoms with E-state index in [1.807, 2.05) is 26.0 Å². The number of carboxylic acid groups (broad SMARTS) is 1. The molecule has 0 spiro atoms. The molecule has 17 heavy (non-hydrogen) atoms. The highest BCUT2D eigenvalue weighted by Crippen LogP contribution is 2.25. The van der Waals surface area contributed by atoms with Crippen LogP contribution in [0.4, 0.5) is 0 Å². The Balaban J connectivity index is 3.28. The Morgan fingerprint density at radius 2 is 1.88 bits per heavy atom. The molecular weight excluding hydrogens is 218 g/mol. The third-order valence-electron chi connectivity index (χ3n) is 3.06. The molecule has 0 aliphatic heterocycles. The molecule has 0 radical (unpaired) electrons. The zero-order valence-electron chi connectivity index (χ0n) is 10.5. The lowest BCUT2D eigenvalue weighted by atomic mass is 9.96. The number of rotatable bonds is 3. The molecule has 1 aromatic rings. The van der Waals surface area contributed by atoms with Gasteiger partial charge in [0.15, 0.2) is 6.04 Å². The molecule has 1 rings (SSSR count). The first kappa shape index (κ1) is 13.2. The fourth-order valence-corrected chi connectivity index (χ4v) is 1.76. The third-order valence-corrected chi connectivity index (χ3v) is 3.06. The molecule has 1 N–H and O–H groups in total. The van der Waals surface area contributed by atoms with Crippen molar-refractivity contribution in [3.63, 3.8) is 0 Å². The average Bonchev–Trinajstić information content (AvgIpc) is 2.23. The number of amides is 1. The van der Waals surface area contributed by atoms with Gasteiger partial charge in [-0.05, 0) is 30.5 Å². The Morgan fingerprint density at radius 1 is 1.29 bits per heavy atom. The standard InChI is InChI=1S/C13H17NO3/c1-8-6-5-7-11(9(8)2)12(13(16)17)14(4)10(3)15/h5-7,12H,1-4H3,(H,16,17). The number of carbonyl (C=O) groups excluding carboxylic acids is 1. The molecule has 4 heteroatoms. The zero-order valence-corrected chi connectivity index (χ0v) is 10.5. The van der Waals surface area contributed by atoms with Gasteiger partial charge in [0, 0.05) is 14.0 Å². The number of hydrogen-bond acceptors (Lipinski definition) is 2. The van der Waals surface area contributed by atoms with Crippen LogP contribution in [-0.2, 0) is 9.59 Å². The summed E-state index contributed by atoms with van der Waals surface area (Å²) in [4.78, 5) is 23.9. The molecule has 0 fully saturated rings. The van der Waals surface area contributed by atoms with E-state index in [0.717, 1.165) is 11.1 Å². The van der Waals surface area contributed by atoms with Crippen LogP contribution >= 0.6 is 0 Å². The van der Waals surface area contributed by atoms with Gasteiger partial charge in [-0.25, -0.2) is 4.79 Å². The quantitative estimate of drug-likeness (QED) is 0.870. The second-order valence-electron chi connectivity index (χ2n) is 4.16. The van der Waals surface area contributed by atoms with Crippen LogP contribution in [0.2, 0.25) is 0 Å². The smallest absolute Gasteiger partial charge is 0.331 e. The lowest BCUT2D eigenvalue weighted by Crippen LogP contribution is -2.34. The molecule has 1 atom stereocenters. The van der Waals surface area contributed by atoms with E-state index in [1.54, 1.807) is 6.07 Å². The number of aryl methyl sites for hydroxylation is 1. The van der Waals surface area contributed by atoms with Gasteiger partial charge >= 0.3 is 5.97 Å². The molecule has 1 unspecified atom stereocenters. The second kappa shape index (κ2) is 4.99. The topological polar surface area (TPSA) is 57.6 Å². The third kappa shape index (κ3) is 2.64. The number of likely N-dealkylation sites (N-methyl/N-ethyl adjacent to an activating group) is 1. The fourth-order valence-electron chi connectivity index (χ4n) is 1.76. The highest BCUT2D eigenvalue weighted by Gasteiger charge is 2.27. The fraction of sp³-hybridized carbons (Fsp3) is 0.385. The summed E-state index contributed by atoms with van der Waals surface area (Å²) in [6.45, 7) is 5.15. The minimum absolute atomic E-state index is 0.265. The predicted molar refractivity (Wildman–Crippen MR) is 64.7 cm³/mol. The van der Waals surface area contributed by atoms with Crippen molar-refractivity contribution in [2.45, 2.75) is 26.8 Å². The number of hydrogen-bond donors (Lipinski definition) is 1. The van der Waals surface area contributed by atoms with E-state index in [4.69, 9.17) is 0 Å². The van der Waals surface area contributed by atoms with Crippen molar-refractivity contribution in [3.05, 3.63) is 34.9 Å². The molecule has 0 saturated heterocycles. The van der Waals surface area contributed by atoms with Crippen LogP contribution < -0.4 is 0 Å². The molecule has 0 aliphatic carbocycles. The van der Waals surface area contributed by atoms with Crippen LogP contribution in [0.5, 0.6) is 0 Å². The first-order chi connectivity index (χ1) is 7.86. The van der Waals surface area contributed by atoms with Gasteiger partial charge in [-0.1, -0.05) is 18.2 Å². The highest BCUT2D eigenvalue weighted by atomic mass is 16.4. The van der Waals surface area contributed by atoms with Gasteiger partial charge in [-0.3, -0.25) is 4.79 Å². The second-order valence-corrected chi connectivity index (χ2v) is 4.16. The first-order valence-corrected chi connectivity index (χ1v) is 5.38. The average molecular weight is 235 g/mol. The molecule has 92 valence electrons. The molecular formula is C13H17NO3. The number of carboxylic acids is 1. The van der Waals surface area contributed by atoms with Crippen LogP contribution in [0, 0.1) is 13.8 Å². The summed E-state index contributed by atoms with van der Waals surface area (Å²) >= 11 is 0. The normalized spacial score (nSPS) is 12.0. The Bertz CT molecular complexity index is 454. The van der Waals surface area contributed by atoms with Crippen LogP contribution in [0.15, 0.2) is 18.2 Å². The Kier molecular flexibility index (Phi) is 3.89. The van der Waals surface area contributed by atoms with Crippen molar-refractivity contribution in [3.8, 4) is 0 Å². The van der Waals surface area contributed by atoms with E-state index >= 15 is 0 Å². The van der Waals surface area contributed by atoms with Crippen LogP contribution in [-0.4, -0.2) is 28.9 Å². The Labute approximate surface area is 101 Å². The lowest BCUT2D eigenvalue weighted by molar-refractivity contribution is -0.148. The number of benzene rings is 1. The molecule has 0 bridgehead atoms. The number of carbonyl (C=O) groups is 2. The molecule has 0 saturated carbocycles. The predicted octanol–water partition coefficient (Wildman–Crippen LogP) is 1.91. The molecule has 1 amide bonds. The van der Waals surface area contributed by atoms with Crippen molar-refractivity contribution in [1.82, 2.24) is 4.90 Å². The van der Waals surface area contributed by atoms with Gasteiger partial charge in [-0.2, -0.15) is 0 Å². The number of aliphatic carboxylic acids is 1. The highest BCUT2D eigenvalue weighted by molar-refractivity contribution is 5.83. The SMILES string of the molecule is CC(=O)N(C)C(C(=O)O)c1cccc(C)c1C. The molecule has 4 nitrogen and oxygen atoms in total. The van der Waals surface area contributed by atoms with Gasteiger partial charge in [0.05, 0.1) is 0 Å². The van der Waals surface area contributed by atoms with Gasteiger partial charge in [-0.15, -0.1) is 0 Å². The maximum Gasteiger partial charge on any atom is 0.331 e. The summed E-state index contributed by atoms with van der Waals surface area (Å²) in [5, 5.41) is 9.27. The maximum absolute atomic E-state index is 11.3. The van der Waals surface area contributed by atoms with Gasteiger partial charge < -0.3 is 10.0 Å². The minimum Gasteiger partial charge on any atom is -0.479 e. The summed E-state index contributed by atoms with van der Waals surface area (Å²) in [5.41, 5.74) is 2.59. The van der Waals surface area contributed by atoms with Crippen LogP contribution in [0.1, 0.15) is 29.7 Å². The number of nitrogens with zero attached hydrogens (tertiary/aromatic N) is 1. The maximum atomic E-state index is 11.3. The van der Waals surface area contributed by atoms with Crippen LogP contribution in [0.3, 0.4) is 0 Å². The van der Waals surface area contributed by atoms with Gasteiger partial charge in [0.25, 0.3) is 0 Å². The summed E-state index contributed by atoms with van der Waals surface area (Å²) in [5.74, 6) is -1.28. The van der Waals surface area contributed by atoms with Crippen molar-refractivity contribution in [1.29, 1.82) is 0 Å². The zero-order chi connectivity index (χ0) is 13.2. The molecule has 0 heterocycles. The summed E-state index contributed by atoms with van der Waals surface area (Å²) < 4.78 is 0. The van der Waals surface area contributed by atoms with E-state index in [2.05, 4.69) is 0 Å². The van der Waals surface area contributed by atoms with Crippen LogP contribution in [0.25, 0.3) is 0 Å². The van der Waals surface area contributed by atoms with E-state index in [9.17, 15) is 14.7 Å². The van der Waals surface area contributed by atoms with E-state index < -0.39 is 12.0 Å². The Morgan fingerprint density at radius 3 is 2.35 bits per heavy atom. The molecule has 0 aliphatic rings. The van der Waals surface area contributed by atoms with Crippen molar-refractivity contribution in [2.75, 3.05) is 7.05 Å². The summed E-state index contributed by atoms with van der Waals surface area (Å²) in [7, 11) is 1.50. The van der Waals surface area contributed by atoms with Gasteiger partial charge in [0.1, 0.15) is 0 Å². The largest absolute Gasteiger partial charge is 0.479 e. The van der Waals surface area contributed by atoms with Crippen molar-refractivity contribution in [2.24, 2.45) is 0 Å². The van der Waals surface area contributed by atoms with E-state index in [0.29, 0.717) is 5.56 Å². The molecule has 0 aromatic heterocycles. The summed E-state index contributed by atoms with van der Waals surface area (Å²) in [6.07, 6.45) is 0. The van der Waals surface area contributed by atoms with Gasteiger partial charge in [0.2, 0.25) is 5.91 Å². The monoisotopic (exact) mass is 235 g/mol. The Hall–Kier alpha value is -1.84. The van der Waals surface area contributed by atoms with E-state index in [1.165, 1.54) is 18.9 Å². The van der Waals surface area contributed by atoms with Crippen molar-refractivity contribution < 1.29 is 14.7 Å². The lowest BCUT2D eigenvalue weighted by Gasteiger charge is -2.25. The molecule has 1 aromatic carbocycles.